The summed E-state index contributed by atoms with van der Waals surface area (Å²) in [6.45, 7) is 1.85. The number of aromatic amines is 1. The second-order valence-corrected chi connectivity index (χ2v) is 7.71. The fourth-order valence-corrected chi connectivity index (χ4v) is 3.71. The van der Waals surface area contributed by atoms with Gasteiger partial charge in [-0.2, -0.15) is 18.3 Å². The molecule has 2 atom stereocenters. The highest BCUT2D eigenvalue weighted by Gasteiger charge is 2.38. The topological polar surface area (TPSA) is 78.0 Å². The van der Waals surface area contributed by atoms with Crippen molar-refractivity contribution < 1.29 is 27.5 Å². The van der Waals surface area contributed by atoms with Crippen LogP contribution in [0.3, 0.4) is 0 Å². The van der Waals surface area contributed by atoms with Crippen LogP contribution < -0.4 is 5.32 Å². The zero-order valence-corrected chi connectivity index (χ0v) is 17.4. The van der Waals surface area contributed by atoms with Crippen LogP contribution in [-0.2, 0) is 4.79 Å². The van der Waals surface area contributed by atoms with Crippen molar-refractivity contribution in [1.29, 1.82) is 0 Å². The maximum Gasteiger partial charge on any atom is 0.490 e. The van der Waals surface area contributed by atoms with Crippen LogP contribution in [0.5, 0.6) is 0 Å². The molecule has 0 bridgehead atoms. The molecule has 1 aliphatic rings. The number of H-pyrrole nitrogens is 1. The molecule has 0 amide bonds. The Morgan fingerprint density at radius 3 is 2.28 bits per heavy atom. The number of aromatic nitrogens is 2. The van der Waals surface area contributed by atoms with Crippen molar-refractivity contribution in [2.45, 2.75) is 24.4 Å². The third-order valence-electron chi connectivity index (χ3n) is 5.16. The van der Waals surface area contributed by atoms with Crippen molar-refractivity contribution in [3.63, 3.8) is 0 Å². The molecule has 2 unspecified atom stereocenters. The molecule has 2 aromatic carbocycles. The van der Waals surface area contributed by atoms with E-state index in [9.17, 15) is 17.6 Å². The van der Waals surface area contributed by atoms with Crippen molar-refractivity contribution in [2.24, 2.45) is 0 Å². The Balaban J connectivity index is 0.000000360. The van der Waals surface area contributed by atoms with Gasteiger partial charge in [0.1, 0.15) is 5.82 Å². The van der Waals surface area contributed by atoms with Gasteiger partial charge >= 0.3 is 12.1 Å². The van der Waals surface area contributed by atoms with Gasteiger partial charge in [0.15, 0.2) is 0 Å². The lowest BCUT2D eigenvalue weighted by Crippen LogP contribution is -2.34. The molecule has 0 spiro atoms. The van der Waals surface area contributed by atoms with Crippen LogP contribution in [0.2, 0.25) is 5.02 Å². The fourth-order valence-electron chi connectivity index (χ4n) is 3.59. The van der Waals surface area contributed by atoms with Crippen molar-refractivity contribution in [2.75, 3.05) is 13.1 Å². The molecule has 10 heteroatoms. The van der Waals surface area contributed by atoms with Crippen LogP contribution in [0, 0.1) is 5.82 Å². The molecule has 170 valence electrons. The maximum atomic E-state index is 13.3. The largest absolute Gasteiger partial charge is 0.490 e. The van der Waals surface area contributed by atoms with E-state index in [2.05, 4.69) is 21.6 Å². The minimum absolute atomic E-state index is 0.198. The highest BCUT2D eigenvalue weighted by Crippen LogP contribution is 2.37. The zero-order chi connectivity index (χ0) is 23.3. The van der Waals surface area contributed by atoms with Gasteiger partial charge < -0.3 is 10.4 Å². The molecule has 3 aromatic rings. The van der Waals surface area contributed by atoms with Gasteiger partial charge in [0, 0.05) is 34.7 Å². The summed E-state index contributed by atoms with van der Waals surface area (Å²) < 4.78 is 45.0. The standard InChI is InChI=1S/C20H19ClFN3.C2HF3O2/c21-15-5-1-14(2-6-15)19-11-20(25-24-19)17-9-10-23-12-18(17)13-3-7-16(22)8-4-13;3-2(4,5)1(6)7/h1-8,11,17-18,23H,9-10,12H2,(H,24,25);(H,6,7). The number of carbonyl (C=O) groups is 1. The van der Waals surface area contributed by atoms with Gasteiger partial charge in [-0.3, -0.25) is 5.10 Å². The highest BCUT2D eigenvalue weighted by atomic mass is 35.5. The van der Waals surface area contributed by atoms with Crippen molar-refractivity contribution in [3.8, 4) is 11.3 Å². The molecule has 32 heavy (non-hydrogen) atoms. The summed E-state index contributed by atoms with van der Waals surface area (Å²) in [6, 6.07) is 16.7. The monoisotopic (exact) mass is 469 g/mol. The average Bonchev–Trinajstić information content (AvgIpc) is 3.25. The number of benzene rings is 2. The first-order valence-electron chi connectivity index (χ1n) is 9.72. The molecule has 3 N–H and O–H groups in total. The van der Waals surface area contributed by atoms with Gasteiger partial charge in [0.25, 0.3) is 0 Å². The Morgan fingerprint density at radius 1 is 1.06 bits per heavy atom. The van der Waals surface area contributed by atoms with Gasteiger partial charge in [0.2, 0.25) is 0 Å². The number of rotatable bonds is 3. The van der Waals surface area contributed by atoms with E-state index in [4.69, 9.17) is 21.5 Å². The molecule has 0 aliphatic carbocycles. The summed E-state index contributed by atoms with van der Waals surface area (Å²) in [4.78, 5) is 8.90. The van der Waals surface area contributed by atoms with Crippen molar-refractivity contribution in [1.82, 2.24) is 15.5 Å². The van der Waals surface area contributed by atoms with E-state index in [0.29, 0.717) is 16.9 Å². The third kappa shape index (κ3) is 6.08. The van der Waals surface area contributed by atoms with Crippen LogP contribution >= 0.6 is 11.6 Å². The van der Waals surface area contributed by atoms with E-state index in [1.165, 1.54) is 12.1 Å². The third-order valence-corrected chi connectivity index (χ3v) is 5.41. The van der Waals surface area contributed by atoms with Gasteiger partial charge in [-0.05, 0) is 48.9 Å². The van der Waals surface area contributed by atoms with E-state index in [1.54, 1.807) is 0 Å². The Morgan fingerprint density at radius 2 is 1.69 bits per heavy atom. The number of carboxylic acids is 1. The molecule has 5 nitrogen and oxygen atoms in total. The predicted octanol–water partition coefficient (Wildman–Crippen LogP) is 5.36. The predicted molar refractivity (Wildman–Crippen MR) is 112 cm³/mol. The average molecular weight is 470 g/mol. The molecular weight excluding hydrogens is 450 g/mol. The summed E-state index contributed by atoms with van der Waals surface area (Å²) in [6.07, 6.45) is -4.07. The highest BCUT2D eigenvalue weighted by molar-refractivity contribution is 6.30. The molecule has 0 saturated carbocycles. The van der Waals surface area contributed by atoms with Crippen LogP contribution in [0.15, 0.2) is 54.6 Å². The normalized spacial score (nSPS) is 18.5. The molecule has 2 heterocycles. The summed E-state index contributed by atoms with van der Waals surface area (Å²) in [7, 11) is 0. The van der Waals surface area contributed by atoms with E-state index in [1.807, 2.05) is 36.4 Å². The number of hydrogen-bond acceptors (Lipinski definition) is 3. The Labute approximate surface area is 186 Å². The van der Waals surface area contributed by atoms with Crippen LogP contribution in [0.4, 0.5) is 17.6 Å². The Kier molecular flexibility index (Phi) is 7.52. The first-order valence-corrected chi connectivity index (χ1v) is 10.1. The van der Waals surface area contributed by atoms with Crippen LogP contribution in [0.25, 0.3) is 11.3 Å². The summed E-state index contributed by atoms with van der Waals surface area (Å²) in [5, 5.41) is 19.0. The van der Waals surface area contributed by atoms with E-state index in [0.717, 1.165) is 42.0 Å². The summed E-state index contributed by atoms with van der Waals surface area (Å²) in [5.41, 5.74) is 4.24. The molecule has 1 aromatic heterocycles. The second-order valence-electron chi connectivity index (χ2n) is 7.28. The van der Waals surface area contributed by atoms with E-state index in [-0.39, 0.29) is 5.82 Å². The van der Waals surface area contributed by atoms with Gasteiger partial charge in [-0.15, -0.1) is 0 Å². The number of piperidine rings is 1. The van der Waals surface area contributed by atoms with E-state index < -0.39 is 12.1 Å². The Hall–Kier alpha value is -2.91. The lowest BCUT2D eigenvalue weighted by molar-refractivity contribution is -0.192. The molecular formula is C22H20ClF4N3O2. The first kappa shape index (κ1) is 23.7. The number of aliphatic carboxylic acids is 1. The maximum absolute atomic E-state index is 13.3. The number of carboxylic acid groups (broad SMARTS) is 1. The number of hydrogen-bond donors (Lipinski definition) is 3. The van der Waals surface area contributed by atoms with Gasteiger partial charge in [-0.1, -0.05) is 35.9 Å². The lowest BCUT2D eigenvalue weighted by Gasteiger charge is -2.31. The fraction of sp³-hybridized carbons (Fsp3) is 0.273. The zero-order valence-electron chi connectivity index (χ0n) is 16.7. The summed E-state index contributed by atoms with van der Waals surface area (Å²) in [5.74, 6) is -2.32. The second kappa shape index (κ2) is 10.1. The molecule has 4 rings (SSSR count). The van der Waals surface area contributed by atoms with Gasteiger partial charge in [-0.25, -0.2) is 9.18 Å². The molecule has 1 aliphatic heterocycles. The first-order chi connectivity index (χ1) is 15.1. The van der Waals surface area contributed by atoms with E-state index >= 15 is 0 Å². The van der Waals surface area contributed by atoms with Crippen LogP contribution in [0.1, 0.15) is 29.5 Å². The molecule has 0 radical (unpaired) electrons. The molecule has 1 fully saturated rings. The summed E-state index contributed by atoms with van der Waals surface area (Å²) >= 11 is 5.96. The molecule has 1 saturated heterocycles. The minimum atomic E-state index is -5.08. The number of nitrogens with zero attached hydrogens (tertiary/aromatic N) is 1. The van der Waals surface area contributed by atoms with Gasteiger partial charge in [0.05, 0.1) is 5.69 Å². The number of halogens is 5. The quantitative estimate of drug-likeness (QED) is 0.451. The SMILES string of the molecule is Fc1ccc(C2CNCCC2c2cc(-c3ccc(Cl)cc3)n[nH]2)cc1.O=C(O)C(F)(F)F. The lowest BCUT2D eigenvalue weighted by atomic mass is 9.79. The van der Waals surface area contributed by atoms with Crippen LogP contribution in [-0.4, -0.2) is 40.5 Å². The van der Waals surface area contributed by atoms with Crippen molar-refractivity contribution in [3.05, 3.63) is 76.7 Å². The Bertz CT molecular complexity index is 1040. The number of alkyl halides is 3. The smallest absolute Gasteiger partial charge is 0.475 e. The van der Waals surface area contributed by atoms with Crippen molar-refractivity contribution >= 4 is 17.6 Å². The number of nitrogens with one attached hydrogen (secondary N) is 2. The minimum Gasteiger partial charge on any atom is -0.475 e.